The lowest BCUT2D eigenvalue weighted by atomic mass is 9.85. The molecule has 3 nitrogen and oxygen atoms in total. The average molecular weight is 249 g/mol. The Morgan fingerprint density at radius 3 is 2.89 bits per heavy atom. The second-order valence-corrected chi connectivity index (χ2v) is 5.19. The number of ether oxygens (including phenoxy) is 1. The summed E-state index contributed by atoms with van der Waals surface area (Å²) < 4.78 is 5.24. The van der Waals surface area contributed by atoms with Crippen molar-refractivity contribution in [3.63, 3.8) is 0 Å². The fourth-order valence-electron chi connectivity index (χ4n) is 2.83. The molecule has 0 radical (unpaired) electrons. The fourth-order valence-corrected chi connectivity index (χ4v) is 2.83. The molecule has 0 amide bonds. The average Bonchev–Trinajstić information content (AvgIpc) is 2.45. The monoisotopic (exact) mass is 249 g/mol. The smallest absolute Gasteiger partial charge is 0.143 e. The highest BCUT2D eigenvalue weighted by molar-refractivity contribution is 5.28. The molecule has 1 unspecified atom stereocenters. The van der Waals surface area contributed by atoms with Crippen LogP contribution in [0.3, 0.4) is 0 Å². The summed E-state index contributed by atoms with van der Waals surface area (Å²) in [4.78, 5) is 4.24. The van der Waals surface area contributed by atoms with Crippen LogP contribution in [0.1, 0.15) is 56.7 Å². The number of nitrogens with zero attached hydrogens (tertiary/aromatic N) is 1. The normalized spacial score (nSPS) is 18.6. The van der Waals surface area contributed by atoms with E-state index in [1.807, 2.05) is 12.1 Å². The van der Waals surface area contributed by atoms with Gasteiger partial charge >= 0.3 is 0 Å². The Morgan fingerprint density at radius 1 is 1.39 bits per heavy atom. The van der Waals surface area contributed by atoms with Gasteiger partial charge in [0.15, 0.2) is 0 Å². The standard InChI is InChI=1S/C15H23NO2/c1-18-14-8-5-11-16-15(14)13(17)10-9-12-6-3-2-4-7-12/h5,8,11-13,17H,2-4,6-7,9-10H2,1H3. The SMILES string of the molecule is COc1cccnc1C(O)CCC1CCCCC1. The summed E-state index contributed by atoms with van der Waals surface area (Å²) >= 11 is 0. The van der Waals surface area contributed by atoms with Gasteiger partial charge in [0.05, 0.1) is 13.2 Å². The first-order valence-electron chi connectivity index (χ1n) is 6.98. The second kappa shape index (κ2) is 6.74. The van der Waals surface area contributed by atoms with Crippen LogP contribution in [0.5, 0.6) is 5.75 Å². The maximum atomic E-state index is 10.2. The molecule has 3 heteroatoms. The molecule has 1 aliphatic carbocycles. The fraction of sp³-hybridized carbons (Fsp3) is 0.667. The Hall–Kier alpha value is -1.09. The molecule has 18 heavy (non-hydrogen) atoms. The van der Waals surface area contributed by atoms with Crippen molar-refractivity contribution in [1.82, 2.24) is 4.98 Å². The van der Waals surface area contributed by atoms with Crippen LogP contribution in [0.25, 0.3) is 0 Å². The van der Waals surface area contributed by atoms with Gasteiger partial charge in [-0.2, -0.15) is 0 Å². The van der Waals surface area contributed by atoms with E-state index in [0.29, 0.717) is 11.4 Å². The molecule has 0 aromatic carbocycles. The predicted molar refractivity (Wildman–Crippen MR) is 71.6 cm³/mol. The van der Waals surface area contributed by atoms with Crippen LogP contribution in [0.2, 0.25) is 0 Å². The summed E-state index contributed by atoms with van der Waals surface area (Å²) in [6.07, 6.45) is 9.84. The van der Waals surface area contributed by atoms with Gasteiger partial charge in [-0.3, -0.25) is 4.98 Å². The van der Waals surface area contributed by atoms with Gasteiger partial charge in [0.1, 0.15) is 11.4 Å². The molecular formula is C15H23NO2. The van der Waals surface area contributed by atoms with Crippen LogP contribution in [0, 0.1) is 5.92 Å². The molecule has 0 bridgehead atoms. The highest BCUT2D eigenvalue weighted by Gasteiger charge is 2.18. The minimum Gasteiger partial charge on any atom is -0.495 e. The molecule has 0 saturated heterocycles. The highest BCUT2D eigenvalue weighted by atomic mass is 16.5. The van der Waals surface area contributed by atoms with E-state index in [9.17, 15) is 5.11 Å². The quantitative estimate of drug-likeness (QED) is 0.868. The molecule has 0 aliphatic heterocycles. The summed E-state index contributed by atoms with van der Waals surface area (Å²) in [6.45, 7) is 0. The second-order valence-electron chi connectivity index (χ2n) is 5.19. The van der Waals surface area contributed by atoms with Gasteiger partial charge in [-0.15, -0.1) is 0 Å². The first-order valence-corrected chi connectivity index (χ1v) is 6.98. The molecule has 1 aromatic heterocycles. The van der Waals surface area contributed by atoms with Crippen LogP contribution in [0.4, 0.5) is 0 Å². The first kappa shape index (κ1) is 13.3. The third-order valence-electron chi connectivity index (χ3n) is 3.91. The van der Waals surface area contributed by atoms with Crippen molar-refractivity contribution in [2.45, 2.75) is 51.0 Å². The van der Waals surface area contributed by atoms with Crippen molar-refractivity contribution < 1.29 is 9.84 Å². The van der Waals surface area contributed by atoms with Crippen LogP contribution in [-0.4, -0.2) is 17.2 Å². The lowest BCUT2D eigenvalue weighted by Gasteiger charge is -2.22. The zero-order chi connectivity index (χ0) is 12.8. The lowest BCUT2D eigenvalue weighted by Crippen LogP contribution is -2.09. The molecule has 2 rings (SSSR count). The number of hydrogen-bond donors (Lipinski definition) is 1. The van der Waals surface area contributed by atoms with Crippen molar-refractivity contribution in [2.75, 3.05) is 7.11 Å². The van der Waals surface area contributed by atoms with E-state index in [1.54, 1.807) is 13.3 Å². The van der Waals surface area contributed by atoms with Crippen LogP contribution < -0.4 is 4.74 Å². The van der Waals surface area contributed by atoms with Gasteiger partial charge in [0, 0.05) is 6.20 Å². The van der Waals surface area contributed by atoms with E-state index < -0.39 is 6.10 Å². The van der Waals surface area contributed by atoms with Crippen LogP contribution in [0.15, 0.2) is 18.3 Å². The summed E-state index contributed by atoms with van der Waals surface area (Å²) in [7, 11) is 1.62. The highest BCUT2D eigenvalue weighted by Crippen LogP contribution is 2.31. The Bertz CT molecular complexity index is 361. The van der Waals surface area contributed by atoms with E-state index in [2.05, 4.69) is 4.98 Å². The Balaban J connectivity index is 1.88. The largest absolute Gasteiger partial charge is 0.495 e. The van der Waals surface area contributed by atoms with E-state index in [1.165, 1.54) is 32.1 Å². The Labute approximate surface area is 109 Å². The van der Waals surface area contributed by atoms with Gasteiger partial charge in [0.25, 0.3) is 0 Å². The van der Waals surface area contributed by atoms with E-state index >= 15 is 0 Å². The van der Waals surface area contributed by atoms with E-state index in [0.717, 1.165) is 18.8 Å². The molecular weight excluding hydrogens is 226 g/mol. The van der Waals surface area contributed by atoms with E-state index in [4.69, 9.17) is 4.74 Å². The summed E-state index contributed by atoms with van der Waals surface area (Å²) in [5, 5.41) is 10.2. The lowest BCUT2D eigenvalue weighted by molar-refractivity contribution is 0.143. The zero-order valence-corrected chi connectivity index (χ0v) is 11.1. The summed E-state index contributed by atoms with van der Waals surface area (Å²) in [5.74, 6) is 1.48. The molecule has 1 N–H and O–H groups in total. The van der Waals surface area contributed by atoms with Crippen LogP contribution in [-0.2, 0) is 0 Å². The number of aromatic nitrogens is 1. The maximum Gasteiger partial charge on any atom is 0.143 e. The van der Waals surface area contributed by atoms with Crippen molar-refractivity contribution in [1.29, 1.82) is 0 Å². The first-order chi connectivity index (χ1) is 8.81. The zero-order valence-electron chi connectivity index (χ0n) is 11.1. The van der Waals surface area contributed by atoms with Crippen molar-refractivity contribution in [2.24, 2.45) is 5.92 Å². The van der Waals surface area contributed by atoms with Crippen molar-refractivity contribution in [3.8, 4) is 5.75 Å². The van der Waals surface area contributed by atoms with Crippen LogP contribution >= 0.6 is 0 Å². The van der Waals surface area contributed by atoms with Gasteiger partial charge in [-0.05, 0) is 30.9 Å². The van der Waals surface area contributed by atoms with Crippen molar-refractivity contribution >= 4 is 0 Å². The molecule has 1 aromatic rings. The third-order valence-corrected chi connectivity index (χ3v) is 3.91. The molecule has 100 valence electrons. The Kier molecular flexibility index (Phi) is 5.00. The van der Waals surface area contributed by atoms with Gasteiger partial charge in [-0.25, -0.2) is 0 Å². The van der Waals surface area contributed by atoms with Gasteiger partial charge in [0.2, 0.25) is 0 Å². The number of pyridine rings is 1. The Morgan fingerprint density at radius 2 is 2.17 bits per heavy atom. The van der Waals surface area contributed by atoms with Crippen molar-refractivity contribution in [3.05, 3.63) is 24.0 Å². The minimum atomic E-state index is -0.497. The molecule has 1 aliphatic rings. The number of aliphatic hydroxyl groups is 1. The van der Waals surface area contributed by atoms with Gasteiger partial charge < -0.3 is 9.84 Å². The number of rotatable bonds is 5. The predicted octanol–water partition coefficient (Wildman–Crippen LogP) is 3.48. The number of hydrogen-bond acceptors (Lipinski definition) is 3. The topological polar surface area (TPSA) is 42.4 Å². The van der Waals surface area contributed by atoms with Gasteiger partial charge in [-0.1, -0.05) is 32.1 Å². The molecule has 1 heterocycles. The molecule has 1 saturated carbocycles. The number of methoxy groups -OCH3 is 1. The third kappa shape index (κ3) is 3.45. The summed E-state index contributed by atoms with van der Waals surface area (Å²) in [5.41, 5.74) is 0.677. The minimum absolute atomic E-state index is 0.497. The van der Waals surface area contributed by atoms with E-state index in [-0.39, 0.29) is 0 Å². The molecule has 1 fully saturated rings. The maximum absolute atomic E-state index is 10.2. The molecule has 1 atom stereocenters. The number of aliphatic hydroxyl groups excluding tert-OH is 1. The summed E-state index contributed by atoms with van der Waals surface area (Å²) in [6, 6.07) is 3.68. The molecule has 0 spiro atoms.